The molecule has 2 N–H and O–H groups in total. The Morgan fingerprint density at radius 3 is 2.87 bits per heavy atom. The first kappa shape index (κ1) is 15.2. The number of rotatable bonds is 4. The minimum Gasteiger partial charge on any atom is -0.472 e. The molecule has 0 radical (unpaired) electrons. The number of carbonyl (C=O) groups excluding carboxylic acids is 2. The number of aryl methyl sites for hydroxylation is 2. The highest BCUT2D eigenvalue weighted by Gasteiger charge is 2.12. The average molecular weight is 329 g/mol. The Morgan fingerprint density at radius 1 is 1.30 bits per heavy atom. The Bertz CT molecular complexity index is 868. The van der Waals surface area contributed by atoms with Gasteiger partial charge in [0.15, 0.2) is 5.13 Å². The molecular formula is C16H15N3O3S. The molecule has 2 amide bonds. The van der Waals surface area contributed by atoms with Gasteiger partial charge in [0.25, 0.3) is 5.91 Å². The van der Waals surface area contributed by atoms with Gasteiger partial charge in [-0.2, -0.15) is 0 Å². The lowest BCUT2D eigenvalue weighted by molar-refractivity contribution is -0.115. The van der Waals surface area contributed by atoms with E-state index in [-0.39, 0.29) is 18.4 Å². The summed E-state index contributed by atoms with van der Waals surface area (Å²) in [6.45, 7) is 3.89. The van der Waals surface area contributed by atoms with Crippen LogP contribution in [0.5, 0.6) is 0 Å². The third-order valence-corrected chi connectivity index (χ3v) is 4.19. The summed E-state index contributed by atoms with van der Waals surface area (Å²) in [4.78, 5) is 28.1. The first-order valence-electron chi connectivity index (χ1n) is 7.01. The fourth-order valence-electron chi connectivity index (χ4n) is 2.24. The topological polar surface area (TPSA) is 84.2 Å². The molecule has 118 valence electrons. The van der Waals surface area contributed by atoms with Gasteiger partial charge < -0.3 is 15.1 Å². The summed E-state index contributed by atoms with van der Waals surface area (Å²) < 4.78 is 5.85. The second-order valence-corrected chi connectivity index (χ2v) is 6.22. The van der Waals surface area contributed by atoms with E-state index in [0.29, 0.717) is 10.7 Å². The zero-order chi connectivity index (χ0) is 16.4. The van der Waals surface area contributed by atoms with Gasteiger partial charge >= 0.3 is 0 Å². The number of aromatic nitrogens is 1. The molecule has 0 aliphatic carbocycles. The molecular weight excluding hydrogens is 314 g/mol. The van der Waals surface area contributed by atoms with Gasteiger partial charge in [0.05, 0.1) is 28.6 Å². The summed E-state index contributed by atoms with van der Waals surface area (Å²) in [6, 6.07) is 5.63. The molecule has 23 heavy (non-hydrogen) atoms. The van der Waals surface area contributed by atoms with Gasteiger partial charge in [0.1, 0.15) is 6.26 Å². The molecule has 0 saturated carbocycles. The lowest BCUT2D eigenvalue weighted by atomic mass is 10.1. The van der Waals surface area contributed by atoms with E-state index in [1.54, 1.807) is 0 Å². The van der Waals surface area contributed by atoms with Crippen LogP contribution in [0.2, 0.25) is 0 Å². The highest BCUT2D eigenvalue weighted by Crippen LogP contribution is 2.29. The van der Waals surface area contributed by atoms with Crippen LogP contribution in [0.15, 0.2) is 35.1 Å². The van der Waals surface area contributed by atoms with Crippen molar-refractivity contribution < 1.29 is 14.0 Å². The Morgan fingerprint density at radius 2 is 2.13 bits per heavy atom. The number of hydrogen-bond donors (Lipinski definition) is 2. The molecule has 6 nitrogen and oxygen atoms in total. The number of fused-ring (bicyclic) bond motifs is 1. The second-order valence-electron chi connectivity index (χ2n) is 5.19. The first-order valence-corrected chi connectivity index (χ1v) is 7.82. The van der Waals surface area contributed by atoms with Gasteiger partial charge in [0, 0.05) is 0 Å². The molecule has 7 heteroatoms. The average Bonchev–Trinajstić information content (AvgIpc) is 3.14. The monoisotopic (exact) mass is 329 g/mol. The lowest BCUT2D eigenvalue weighted by Gasteiger charge is -2.03. The van der Waals surface area contributed by atoms with E-state index >= 15 is 0 Å². The molecule has 0 unspecified atom stereocenters. The standard InChI is InChI=1S/C16H15N3O3S/c1-9-5-10(2)14-12(6-9)23-16(19-14)18-13(20)7-17-15(21)11-3-4-22-8-11/h3-6,8H,7H2,1-2H3,(H,17,21)(H,18,19,20). The van der Waals surface area contributed by atoms with Crippen molar-refractivity contribution >= 4 is 38.5 Å². The van der Waals surface area contributed by atoms with Crippen LogP contribution in [-0.4, -0.2) is 23.3 Å². The Hall–Kier alpha value is -2.67. The molecule has 0 spiro atoms. The number of amides is 2. The highest BCUT2D eigenvalue weighted by atomic mass is 32.1. The summed E-state index contributed by atoms with van der Waals surface area (Å²) in [5.74, 6) is -0.681. The smallest absolute Gasteiger partial charge is 0.254 e. The van der Waals surface area contributed by atoms with Crippen molar-refractivity contribution in [3.05, 3.63) is 47.4 Å². The maximum atomic E-state index is 11.9. The Labute approximate surface area is 136 Å². The van der Waals surface area contributed by atoms with Gasteiger partial charge in [-0.25, -0.2) is 4.98 Å². The van der Waals surface area contributed by atoms with Crippen LogP contribution < -0.4 is 10.6 Å². The molecule has 0 atom stereocenters. The highest BCUT2D eigenvalue weighted by molar-refractivity contribution is 7.22. The largest absolute Gasteiger partial charge is 0.472 e. The number of anilines is 1. The zero-order valence-electron chi connectivity index (χ0n) is 12.7. The van der Waals surface area contributed by atoms with Crippen molar-refractivity contribution in [1.29, 1.82) is 0 Å². The van der Waals surface area contributed by atoms with E-state index < -0.39 is 0 Å². The number of carbonyl (C=O) groups is 2. The summed E-state index contributed by atoms with van der Waals surface area (Å²) in [5.41, 5.74) is 3.50. The van der Waals surface area contributed by atoms with Gasteiger partial charge in [-0.15, -0.1) is 0 Å². The SMILES string of the molecule is Cc1cc(C)c2nc(NC(=O)CNC(=O)c3ccoc3)sc2c1. The molecule has 0 saturated heterocycles. The molecule has 0 aliphatic heterocycles. The Balaban J connectivity index is 1.64. The maximum absolute atomic E-state index is 11.9. The van der Waals surface area contributed by atoms with Gasteiger partial charge in [-0.3, -0.25) is 9.59 Å². The van der Waals surface area contributed by atoms with Crippen LogP contribution in [-0.2, 0) is 4.79 Å². The van der Waals surface area contributed by atoms with Crippen molar-refractivity contribution in [2.45, 2.75) is 13.8 Å². The van der Waals surface area contributed by atoms with Crippen LogP contribution in [0, 0.1) is 13.8 Å². The summed E-state index contributed by atoms with van der Waals surface area (Å²) in [6.07, 6.45) is 2.73. The first-order chi connectivity index (χ1) is 11.0. The van der Waals surface area contributed by atoms with Crippen LogP contribution in [0.25, 0.3) is 10.2 Å². The number of benzene rings is 1. The number of furan rings is 1. The quantitative estimate of drug-likeness (QED) is 0.771. The van der Waals surface area contributed by atoms with Crippen molar-refractivity contribution in [3.8, 4) is 0 Å². The second kappa shape index (κ2) is 6.21. The summed E-state index contributed by atoms with van der Waals surface area (Å²) in [5, 5.41) is 5.76. The number of hydrogen-bond acceptors (Lipinski definition) is 5. The van der Waals surface area contributed by atoms with Crippen molar-refractivity contribution in [1.82, 2.24) is 10.3 Å². The van der Waals surface area contributed by atoms with E-state index in [9.17, 15) is 9.59 Å². The summed E-state index contributed by atoms with van der Waals surface area (Å²) in [7, 11) is 0. The fourth-order valence-corrected chi connectivity index (χ4v) is 3.30. The summed E-state index contributed by atoms with van der Waals surface area (Å²) >= 11 is 1.42. The van der Waals surface area contributed by atoms with Crippen LogP contribution in [0.3, 0.4) is 0 Å². The predicted molar refractivity (Wildman–Crippen MR) is 88.8 cm³/mol. The van der Waals surface area contributed by atoms with Gasteiger partial charge in [0.2, 0.25) is 5.91 Å². The normalized spacial score (nSPS) is 10.7. The number of thiazole rings is 1. The minimum absolute atomic E-state index is 0.127. The van der Waals surface area contributed by atoms with Gasteiger partial charge in [-0.05, 0) is 37.1 Å². The molecule has 3 rings (SSSR count). The molecule has 0 aliphatic rings. The maximum Gasteiger partial charge on any atom is 0.254 e. The van der Waals surface area contributed by atoms with Crippen LogP contribution in [0.4, 0.5) is 5.13 Å². The zero-order valence-corrected chi connectivity index (χ0v) is 13.5. The predicted octanol–water partition coefficient (Wildman–Crippen LogP) is 2.87. The Kier molecular flexibility index (Phi) is 4.12. The molecule has 0 fully saturated rings. The van der Waals surface area contributed by atoms with Crippen LogP contribution in [0.1, 0.15) is 21.5 Å². The minimum atomic E-state index is -0.357. The number of nitrogens with one attached hydrogen (secondary N) is 2. The van der Waals surface area contributed by atoms with E-state index in [1.165, 1.54) is 29.9 Å². The van der Waals surface area contributed by atoms with E-state index in [0.717, 1.165) is 21.3 Å². The third-order valence-electron chi connectivity index (χ3n) is 3.27. The van der Waals surface area contributed by atoms with Crippen molar-refractivity contribution in [2.24, 2.45) is 0 Å². The molecule has 3 aromatic rings. The molecule has 2 heterocycles. The lowest BCUT2D eigenvalue weighted by Crippen LogP contribution is -2.32. The van der Waals surface area contributed by atoms with E-state index in [1.807, 2.05) is 19.9 Å². The molecule has 0 bridgehead atoms. The van der Waals surface area contributed by atoms with Crippen molar-refractivity contribution in [2.75, 3.05) is 11.9 Å². The van der Waals surface area contributed by atoms with E-state index in [4.69, 9.17) is 4.42 Å². The molecule has 1 aromatic carbocycles. The van der Waals surface area contributed by atoms with Crippen LogP contribution >= 0.6 is 11.3 Å². The fraction of sp³-hybridized carbons (Fsp3) is 0.188. The third kappa shape index (κ3) is 3.40. The van der Waals surface area contributed by atoms with Gasteiger partial charge in [-0.1, -0.05) is 17.4 Å². The van der Waals surface area contributed by atoms with Crippen molar-refractivity contribution in [3.63, 3.8) is 0 Å². The molecule has 2 aromatic heterocycles. The van der Waals surface area contributed by atoms with E-state index in [2.05, 4.69) is 21.7 Å². The number of nitrogens with zero attached hydrogens (tertiary/aromatic N) is 1.